The summed E-state index contributed by atoms with van der Waals surface area (Å²) in [6.45, 7) is 8.37. The average molecular weight is 237 g/mol. The molecule has 0 aliphatic carbocycles. The normalized spacial score (nSPS) is 11.7. The Morgan fingerprint density at radius 2 is 2.00 bits per heavy atom. The Kier molecular flexibility index (Phi) is 4.40. The molecular formula is C14H23NO2. The molecule has 0 radical (unpaired) electrons. The SMILES string of the molecule is COc1ccc(NCC(C)(C)O)cc1C(C)C. The zero-order chi connectivity index (χ0) is 13.1. The van der Waals surface area contributed by atoms with Gasteiger partial charge in [0.15, 0.2) is 0 Å². The van der Waals surface area contributed by atoms with E-state index < -0.39 is 5.60 Å². The van der Waals surface area contributed by atoms with Crippen molar-refractivity contribution in [2.24, 2.45) is 0 Å². The third-order valence-corrected chi connectivity index (χ3v) is 2.58. The van der Waals surface area contributed by atoms with Crippen molar-refractivity contribution >= 4 is 5.69 Å². The quantitative estimate of drug-likeness (QED) is 0.827. The largest absolute Gasteiger partial charge is 0.496 e. The molecule has 17 heavy (non-hydrogen) atoms. The first-order valence-electron chi connectivity index (χ1n) is 5.97. The highest BCUT2D eigenvalue weighted by Crippen LogP contribution is 2.29. The number of benzene rings is 1. The topological polar surface area (TPSA) is 41.5 Å². The lowest BCUT2D eigenvalue weighted by atomic mass is 10.0. The van der Waals surface area contributed by atoms with Crippen LogP contribution in [-0.2, 0) is 0 Å². The first-order valence-corrected chi connectivity index (χ1v) is 5.97. The van der Waals surface area contributed by atoms with Gasteiger partial charge in [0.05, 0.1) is 12.7 Å². The van der Waals surface area contributed by atoms with E-state index in [1.807, 2.05) is 12.1 Å². The second-order valence-electron chi connectivity index (χ2n) is 5.28. The Hall–Kier alpha value is -1.22. The van der Waals surface area contributed by atoms with Gasteiger partial charge < -0.3 is 15.2 Å². The molecule has 0 bridgehead atoms. The van der Waals surface area contributed by atoms with Gasteiger partial charge in [0.2, 0.25) is 0 Å². The standard InChI is InChI=1S/C14H23NO2/c1-10(2)12-8-11(6-7-13(12)17-5)15-9-14(3,4)16/h6-8,10,15-16H,9H2,1-5H3. The van der Waals surface area contributed by atoms with Crippen LogP contribution in [0.1, 0.15) is 39.2 Å². The molecular weight excluding hydrogens is 214 g/mol. The summed E-state index contributed by atoms with van der Waals surface area (Å²) in [4.78, 5) is 0. The predicted molar refractivity (Wildman–Crippen MR) is 71.9 cm³/mol. The Morgan fingerprint density at radius 1 is 1.35 bits per heavy atom. The van der Waals surface area contributed by atoms with Crippen molar-refractivity contribution < 1.29 is 9.84 Å². The Labute approximate surface area is 104 Å². The molecule has 96 valence electrons. The first kappa shape index (κ1) is 13.8. The molecule has 0 saturated carbocycles. The fourth-order valence-corrected chi connectivity index (χ4v) is 1.61. The van der Waals surface area contributed by atoms with E-state index in [1.165, 1.54) is 5.56 Å². The van der Waals surface area contributed by atoms with Crippen molar-refractivity contribution in [3.8, 4) is 5.75 Å². The van der Waals surface area contributed by atoms with E-state index in [0.717, 1.165) is 11.4 Å². The lowest BCUT2D eigenvalue weighted by Crippen LogP contribution is -2.29. The molecule has 0 atom stereocenters. The molecule has 0 saturated heterocycles. The second kappa shape index (κ2) is 5.41. The molecule has 1 aromatic carbocycles. The molecule has 0 aliphatic rings. The van der Waals surface area contributed by atoms with Gasteiger partial charge >= 0.3 is 0 Å². The minimum atomic E-state index is -0.710. The third-order valence-electron chi connectivity index (χ3n) is 2.58. The maximum absolute atomic E-state index is 9.67. The summed E-state index contributed by atoms with van der Waals surface area (Å²) in [7, 11) is 1.69. The van der Waals surface area contributed by atoms with Gasteiger partial charge in [-0.2, -0.15) is 0 Å². The van der Waals surface area contributed by atoms with Crippen LogP contribution in [0, 0.1) is 0 Å². The van der Waals surface area contributed by atoms with Gasteiger partial charge in [-0.25, -0.2) is 0 Å². The molecule has 0 fully saturated rings. The first-order chi connectivity index (χ1) is 7.83. The summed E-state index contributed by atoms with van der Waals surface area (Å²) in [6.07, 6.45) is 0. The summed E-state index contributed by atoms with van der Waals surface area (Å²) in [6, 6.07) is 6.01. The van der Waals surface area contributed by atoms with E-state index in [9.17, 15) is 5.11 Å². The Morgan fingerprint density at radius 3 is 2.47 bits per heavy atom. The highest BCUT2D eigenvalue weighted by Gasteiger charge is 2.13. The minimum Gasteiger partial charge on any atom is -0.496 e. The molecule has 1 rings (SSSR count). The Balaban J connectivity index is 2.85. The molecule has 0 aromatic heterocycles. The average Bonchev–Trinajstić information content (AvgIpc) is 2.25. The monoisotopic (exact) mass is 237 g/mol. The van der Waals surface area contributed by atoms with Gasteiger partial charge in [-0.3, -0.25) is 0 Å². The van der Waals surface area contributed by atoms with Crippen LogP contribution < -0.4 is 10.1 Å². The summed E-state index contributed by atoms with van der Waals surface area (Å²) < 4.78 is 5.33. The van der Waals surface area contributed by atoms with Crippen LogP contribution >= 0.6 is 0 Å². The summed E-state index contributed by atoms with van der Waals surface area (Å²) in [5.74, 6) is 1.32. The molecule has 0 aliphatic heterocycles. The van der Waals surface area contributed by atoms with Crippen molar-refractivity contribution in [2.75, 3.05) is 19.0 Å². The highest BCUT2D eigenvalue weighted by atomic mass is 16.5. The van der Waals surface area contributed by atoms with Crippen LogP contribution in [0.25, 0.3) is 0 Å². The van der Waals surface area contributed by atoms with Crippen LogP contribution in [0.15, 0.2) is 18.2 Å². The van der Waals surface area contributed by atoms with Crippen molar-refractivity contribution in [3.63, 3.8) is 0 Å². The highest BCUT2D eigenvalue weighted by molar-refractivity contribution is 5.52. The lowest BCUT2D eigenvalue weighted by molar-refractivity contribution is 0.0945. The van der Waals surface area contributed by atoms with Crippen LogP contribution in [-0.4, -0.2) is 24.4 Å². The fourth-order valence-electron chi connectivity index (χ4n) is 1.61. The second-order valence-corrected chi connectivity index (χ2v) is 5.28. The summed E-state index contributed by atoms with van der Waals surface area (Å²) in [5, 5.41) is 12.9. The third kappa shape index (κ3) is 4.27. The molecule has 3 nitrogen and oxygen atoms in total. The van der Waals surface area contributed by atoms with Gasteiger partial charge in [0.25, 0.3) is 0 Å². The van der Waals surface area contributed by atoms with Gasteiger partial charge in [-0.05, 0) is 43.5 Å². The number of methoxy groups -OCH3 is 1. The van der Waals surface area contributed by atoms with E-state index in [2.05, 4.69) is 25.2 Å². The molecule has 0 unspecified atom stereocenters. The number of nitrogens with one attached hydrogen (secondary N) is 1. The van der Waals surface area contributed by atoms with Gasteiger partial charge in [0, 0.05) is 12.2 Å². The van der Waals surface area contributed by atoms with Crippen LogP contribution in [0.5, 0.6) is 5.75 Å². The van der Waals surface area contributed by atoms with Crippen molar-refractivity contribution in [2.45, 2.75) is 39.2 Å². The molecule has 3 heteroatoms. The summed E-state index contributed by atoms with van der Waals surface area (Å²) in [5.41, 5.74) is 1.47. The van der Waals surface area contributed by atoms with Crippen molar-refractivity contribution in [1.82, 2.24) is 0 Å². The number of ether oxygens (including phenoxy) is 1. The number of aliphatic hydroxyl groups is 1. The van der Waals surface area contributed by atoms with Gasteiger partial charge in [-0.1, -0.05) is 13.8 Å². The molecule has 0 amide bonds. The molecule has 0 spiro atoms. The Bertz CT molecular complexity index is 367. The van der Waals surface area contributed by atoms with Crippen molar-refractivity contribution in [3.05, 3.63) is 23.8 Å². The lowest BCUT2D eigenvalue weighted by Gasteiger charge is -2.20. The predicted octanol–water partition coefficient (Wildman–Crippen LogP) is 3.00. The van der Waals surface area contributed by atoms with E-state index >= 15 is 0 Å². The van der Waals surface area contributed by atoms with Gasteiger partial charge in [-0.15, -0.1) is 0 Å². The van der Waals surface area contributed by atoms with E-state index in [-0.39, 0.29) is 0 Å². The smallest absolute Gasteiger partial charge is 0.122 e. The maximum atomic E-state index is 9.67. The number of anilines is 1. The van der Waals surface area contributed by atoms with Gasteiger partial charge in [0.1, 0.15) is 5.75 Å². The molecule has 2 N–H and O–H groups in total. The van der Waals surface area contributed by atoms with Crippen LogP contribution in [0.2, 0.25) is 0 Å². The minimum absolute atomic E-state index is 0.411. The number of rotatable bonds is 5. The van der Waals surface area contributed by atoms with E-state index in [0.29, 0.717) is 12.5 Å². The number of hydrogen-bond donors (Lipinski definition) is 2. The van der Waals surface area contributed by atoms with Crippen LogP contribution in [0.3, 0.4) is 0 Å². The van der Waals surface area contributed by atoms with Crippen molar-refractivity contribution in [1.29, 1.82) is 0 Å². The van der Waals surface area contributed by atoms with E-state index in [1.54, 1.807) is 21.0 Å². The molecule has 0 heterocycles. The fraction of sp³-hybridized carbons (Fsp3) is 0.571. The molecule has 1 aromatic rings. The zero-order valence-electron chi connectivity index (χ0n) is 11.4. The van der Waals surface area contributed by atoms with Crippen LogP contribution in [0.4, 0.5) is 5.69 Å². The maximum Gasteiger partial charge on any atom is 0.122 e. The van der Waals surface area contributed by atoms with E-state index in [4.69, 9.17) is 4.74 Å². The number of hydrogen-bond acceptors (Lipinski definition) is 3. The summed E-state index contributed by atoms with van der Waals surface area (Å²) >= 11 is 0. The zero-order valence-corrected chi connectivity index (χ0v) is 11.4.